The molecule has 0 atom stereocenters. The van der Waals surface area contributed by atoms with Crippen molar-refractivity contribution in [2.75, 3.05) is 14.1 Å². The largest absolute Gasteiger partial charge is 0.382 e. The van der Waals surface area contributed by atoms with Gasteiger partial charge in [-0.25, -0.2) is 0 Å². The molecule has 1 rings (SSSR count). The average molecular weight is 326 g/mol. The van der Waals surface area contributed by atoms with Crippen molar-refractivity contribution in [3.8, 4) is 6.07 Å². The Kier molecular flexibility index (Phi) is 4.50. The smallest absolute Gasteiger partial charge is 0.205 e. The summed E-state index contributed by atoms with van der Waals surface area (Å²) in [6, 6.07) is 9.11. The molecule has 3 nitrogen and oxygen atoms in total. The molecule has 4 heteroatoms. The molecule has 0 fully saturated rings. The second-order valence-electron chi connectivity index (χ2n) is 3.46. The molecule has 1 aromatic rings. The summed E-state index contributed by atoms with van der Waals surface area (Å²) in [5, 5.41) is 8.91. The minimum Gasteiger partial charge on any atom is -0.382 e. The number of benzene rings is 1. The predicted octanol–water partition coefficient (Wildman–Crippen LogP) is 2.44. The molecule has 0 saturated carbocycles. The summed E-state index contributed by atoms with van der Waals surface area (Å²) < 4.78 is 0.977. The number of ketones is 1. The summed E-state index contributed by atoms with van der Waals surface area (Å²) >= 11 is 2.13. The average Bonchev–Trinajstić information content (AvgIpc) is 2.24. The highest BCUT2D eigenvalue weighted by Gasteiger charge is 2.12. The molecular weight excluding hydrogens is 315 g/mol. The van der Waals surface area contributed by atoms with Gasteiger partial charge in [-0.1, -0.05) is 12.1 Å². The highest BCUT2D eigenvalue weighted by Crippen LogP contribution is 2.12. The molecule has 0 aliphatic rings. The van der Waals surface area contributed by atoms with Crippen LogP contribution < -0.4 is 0 Å². The topological polar surface area (TPSA) is 44.1 Å². The third-order valence-electron chi connectivity index (χ3n) is 1.84. The van der Waals surface area contributed by atoms with Crippen molar-refractivity contribution in [2.24, 2.45) is 0 Å². The third kappa shape index (κ3) is 3.35. The number of carbonyl (C=O) groups is 1. The van der Waals surface area contributed by atoms with E-state index in [-0.39, 0.29) is 11.4 Å². The van der Waals surface area contributed by atoms with E-state index in [1.807, 2.05) is 12.1 Å². The lowest BCUT2D eigenvalue weighted by molar-refractivity contribution is 0.103. The van der Waals surface area contributed by atoms with Crippen LogP contribution in [0.2, 0.25) is 0 Å². The van der Waals surface area contributed by atoms with Gasteiger partial charge in [-0.15, -0.1) is 0 Å². The highest BCUT2D eigenvalue weighted by atomic mass is 127. The molecule has 0 aliphatic carbocycles. The van der Waals surface area contributed by atoms with E-state index in [1.165, 1.54) is 6.20 Å². The fraction of sp³-hybridized carbons (Fsp3) is 0.167. The van der Waals surface area contributed by atoms with Crippen molar-refractivity contribution in [1.29, 1.82) is 5.26 Å². The van der Waals surface area contributed by atoms with Crippen molar-refractivity contribution in [3.05, 3.63) is 45.2 Å². The third-order valence-corrected chi connectivity index (χ3v) is 2.51. The molecule has 0 radical (unpaired) electrons. The number of Topliss-reactive ketones (excluding diaryl/α,β-unsaturated/α-hetero) is 1. The van der Waals surface area contributed by atoms with Gasteiger partial charge in [0.25, 0.3) is 0 Å². The molecule has 0 aliphatic heterocycles. The van der Waals surface area contributed by atoms with Gasteiger partial charge in [0.15, 0.2) is 0 Å². The number of hydrogen-bond donors (Lipinski definition) is 0. The van der Waals surface area contributed by atoms with E-state index in [2.05, 4.69) is 22.6 Å². The lowest BCUT2D eigenvalue weighted by Crippen LogP contribution is -2.08. The molecule has 82 valence electrons. The minimum absolute atomic E-state index is 0.145. The van der Waals surface area contributed by atoms with Crippen LogP contribution in [0.25, 0.3) is 0 Å². The van der Waals surface area contributed by atoms with Crippen LogP contribution in [0.15, 0.2) is 36.0 Å². The Hall–Kier alpha value is -1.35. The fourth-order valence-electron chi connectivity index (χ4n) is 1.18. The van der Waals surface area contributed by atoms with Gasteiger partial charge in [0.2, 0.25) is 5.78 Å². The number of rotatable bonds is 3. The Balaban J connectivity index is 3.07. The van der Waals surface area contributed by atoms with Crippen LogP contribution in [0.1, 0.15) is 10.4 Å². The van der Waals surface area contributed by atoms with Gasteiger partial charge in [0.05, 0.1) is 0 Å². The van der Waals surface area contributed by atoms with Gasteiger partial charge in [0, 0.05) is 29.4 Å². The Bertz CT molecular complexity index is 472. The molecule has 0 heterocycles. The van der Waals surface area contributed by atoms with Crippen molar-refractivity contribution < 1.29 is 4.79 Å². The zero-order valence-corrected chi connectivity index (χ0v) is 11.2. The molecular formula is C12H11IN2O. The van der Waals surface area contributed by atoms with Gasteiger partial charge in [-0.3, -0.25) is 4.79 Å². The molecule has 0 unspecified atom stereocenters. The number of allylic oxidation sites excluding steroid dienone is 1. The first kappa shape index (κ1) is 12.7. The molecule has 0 amide bonds. The maximum absolute atomic E-state index is 11.9. The van der Waals surface area contributed by atoms with Crippen molar-refractivity contribution in [3.63, 3.8) is 0 Å². The maximum atomic E-state index is 11.9. The van der Waals surface area contributed by atoms with E-state index >= 15 is 0 Å². The Morgan fingerprint density at radius 2 is 2.19 bits per heavy atom. The standard InChI is InChI=1S/C12H11IN2O/c1-15(2)8-10(7-14)12(16)9-4-3-5-11(13)6-9/h3-6,8H,1-2H3. The summed E-state index contributed by atoms with van der Waals surface area (Å²) in [6.45, 7) is 0. The second kappa shape index (κ2) is 5.66. The van der Waals surface area contributed by atoms with E-state index in [4.69, 9.17) is 5.26 Å². The van der Waals surface area contributed by atoms with E-state index in [1.54, 1.807) is 37.2 Å². The van der Waals surface area contributed by atoms with E-state index in [0.717, 1.165) is 3.57 Å². The van der Waals surface area contributed by atoms with Gasteiger partial charge in [-0.2, -0.15) is 5.26 Å². The van der Waals surface area contributed by atoms with Crippen molar-refractivity contribution >= 4 is 28.4 Å². The van der Waals surface area contributed by atoms with E-state index in [0.29, 0.717) is 5.56 Å². The van der Waals surface area contributed by atoms with Crippen molar-refractivity contribution in [1.82, 2.24) is 4.90 Å². The Morgan fingerprint density at radius 1 is 1.50 bits per heavy atom. The summed E-state index contributed by atoms with van der Waals surface area (Å²) in [4.78, 5) is 13.6. The first-order chi connectivity index (χ1) is 7.54. The number of carbonyl (C=O) groups excluding carboxylic acids is 1. The molecule has 1 aromatic carbocycles. The Morgan fingerprint density at radius 3 is 2.69 bits per heavy atom. The van der Waals surface area contributed by atoms with Crippen LogP contribution >= 0.6 is 22.6 Å². The van der Waals surface area contributed by atoms with E-state index in [9.17, 15) is 4.79 Å². The lowest BCUT2D eigenvalue weighted by atomic mass is 10.1. The van der Waals surface area contributed by atoms with Gasteiger partial charge < -0.3 is 4.90 Å². The summed E-state index contributed by atoms with van der Waals surface area (Å²) in [5.74, 6) is -0.241. The van der Waals surface area contributed by atoms with Crippen LogP contribution in [-0.2, 0) is 0 Å². The SMILES string of the molecule is CN(C)C=C(C#N)C(=O)c1cccc(I)c1. The lowest BCUT2D eigenvalue weighted by Gasteiger charge is -2.06. The maximum Gasteiger partial charge on any atom is 0.205 e. The molecule has 0 saturated heterocycles. The zero-order valence-electron chi connectivity index (χ0n) is 9.07. The first-order valence-electron chi connectivity index (χ1n) is 4.63. The molecule has 0 aromatic heterocycles. The highest BCUT2D eigenvalue weighted by molar-refractivity contribution is 14.1. The number of halogens is 1. The zero-order chi connectivity index (χ0) is 12.1. The second-order valence-corrected chi connectivity index (χ2v) is 4.70. The molecule has 0 spiro atoms. The molecule has 16 heavy (non-hydrogen) atoms. The van der Waals surface area contributed by atoms with Crippen LogP contribution in [-0.4, -0.2) is 24.8 Å². The van der Waals surface area contributed by atoms with Crippen LogP contribution in [0.3, 0.4) is 0 Å². The number of hydrogen-bond acceptors (Lipinski definition) is 3. The van der Waals surface area contributed by atoms with E-state index < -0.39 is 0 Å². The first-order valence-corrected chi connectivity index (χ1v) is 5.71. The molecule has 0 N–H and O–H groups in total. The van der Waals surface area contributed by atoms with Gasteiger partial charge in [0.1, 0.15) is 11.6 Å². The van der Waals surface area contributed by atoms with Gasteiger partial charge >= 0.3 is 0 Å². The van der Waals surface area contributed by atoms with Crippen LogP contribution in [0.4, 0.5) is 0 Å². The summed E-state index contributed by atoms with van der Waals surface area (Å²) in [7, 11) is 3.55. The summed E-state index contributed by atoms with van der Waals surface area (Å²) in [5.41, 5.74) is 0.688. The van der Waals surface area contributed by atoms with Crippen LogP contribution in [0, 0.1) is 14.9 Å². The van der Waals surface area contributed by atoms with Gasteiger partial charge in [-0.05, 0) is 34.7 Å². The summed E-state index contributed by atoms with van der Waals surface area (Å²) in [6.07, 6.45) is 1.53. The number of nitriles is 1. The molecule has 0 bridgehead atoms. The quantitative estimate of drug-likeness (QED) is 0.371. The Labute approximate surface area is 109 Å². The monoisotopic (exact) mass is 326 g/mol. The number of nitrogens with zero attached hydrogens (tertiary/aromatic N) is 2. The predicted molar refractivity (Wildman–Crippen MR) is 70.9 cm³/mol. The van der Waals surface area contributed by atoms with Crippen LogP contribution in [0.5, 0.6) is 0 Å². The minimum atomic E-state index is -0.241. The fourth-order valence-corrected chi connectivity index (χ4v) is 1.72. The van der Waals surface area contributed by atoms with Crippen molar-refractivity contribution in [2.45, 2.75) is 0 Å². The normalized spacial score (nSPS) is 10.8.